The molecule has 0 aliphatic carbocycles. The van der Waals surface area contributed by atoms with Crippen molar-refractivity contribution in [3.8, 4) is 0 Å². The van der Waals surface area contributed by atoms with E-state index in [1.54, 1.807) is 17.0 Å². The number of thiophene rings is 1. The smallest absolute Gasteiger partial charge is 0.376 e. The number of ether oxygens (including phenoxy) is 1. The number of carbonyl (C=O) groups excluding carboxylic acids is 2. The molecule has 30 heavy (non-hydrogen) atoms. The Kier molecular flexibility index (Phi) is 5.84. The first-order chi connectivity index (χ1) is 14.3. The molecule has 9 heteroatoms. The van der Waals surface area contributed by atoms with E-state index >= 15 is 0 Å². The largest absolute Gasteiger partial charge is 0.416 e. The average Bonchev–Trinajstić information content (AvgIpc) is 3.33. The van der Waals surface area contributed by atoms with E-state index < -0.39 is 17.8 Å². The lowest BCUT2D eigenvalue weighted by atomic mass is 10.0. The fourth-order valence-corrected chi connectivity index (χ4v) is 4.82. The molecule has 160 valence electrons. The topological polar surface area (TPSA) is 58.6 Å². The maximum Gasteiger partial charge on any atom is 0.416 e. The van der Waals surface area contributed by atoms with Crippen molar-refractivity contribution in [2.75, 3.05) is 19.7 Å². The van der Waals surface area contributed by atoms with Gasteiger partial charge >= 0.3 is 6.18 Å². The highest BCUT2D eigenvalue weighted by atomic mass is 32.1. The lowest BCUT2D eigenvalue weighted by Gasteiger charge is -2.25. The number of nitrogens with one attached hydrogen (secondary N) is 1. The zero-order valence-electron chi connectivity index (χ0n) is 16.1. The number of alkyl halides is 3. The third kappa shape index (κ3) is 4.52. The minimum Gasteiger partial charge on any atom is -0.376 e. The van der Waals surface area contributed by atoms with E-state index in [2.05, 4.69) is 5.32 Å². The molecule has 1 aromatic carbocycles. The molecule has 1 unspecified atom stereocenters. The maximum atomic E-state index is 13.2. The minimum atomic E-state index is -4.49. The van der Waals surface area contributed by atoms with E-state index in [0.717, 1.165) is 29.0 Å². The summed E-state index contributed by atoms with van der Waals surface area (Å²) in [6.45, 7) is 1.74. The summed E-state index contributed by atoms with van der Waals surface area (Å²) in [5, 5.41) is 2.85. The molecule has 2 aromatic rings. The molecule has 1 atom stereocenters. The number of nitrogens with zero attached hydrogens (tertiary/aromatic N) is 1. The van der Waals surface area contributed by atoms with Gasteiger partial charge in [0.15, 0.2) is 0 Å². The summed E-state index contributed by atoms with van der Waals surface area (Å²) in [5.41, 5.74) is 0.514. The molecule has 0 bridgehead atoms. The highest BCUT2D eigenvalue weighted by molar-refractivity contribution is 7.14. The second-order valence-corrected chi connectivity index (χ2v) is 8.59. The second kappa shape index (κ2) is 8.39. The predicted molar refractivity (Wildman–Crippen MR) is 105 cm³/mol. The standard InChI is InChI=1S/C21H21F3N2O3S/c22-21(23,24)15-4-1-3-13(9-15)16(11-26-7-2-5-19(26)27)25-20(28)18-10-14-12-29-8-6-17(14)30-18/h1,3-4,9-10,16H,2,5-8,11-12H2,(H,25,28). The normalized spacial score (nSPS) is 17.7. The molecule has 4 rings (SSSR count). The lowest BCUT2D eigenvalue weighted by Crippen LogP contribution is -2.38. The van der Waals surface area contributed by atoms with Crippen molar-refractivity contribution < 1.29 is 27.5 Å². The van der Waals surface area contributed by atoms with Crippen molar-refractivity contribution in [2.45, 2.75) is 38.1 Å². The first kappa shape index (κ1) is 20.9. The van der Waals surface area contributed by atoms with E-state index in [4.69, 9.17) is 4.74 Å². The van der Waals surface area contributed by atoms with E-state index in [-0.39, 0.29) is 18.4 Å². The third-order valence-electron chi connectivity index (χ3n) is 5.35. The number of fused-ring (bicyclic) bond motifs is 1. The quantitative estimate of drug-likeness (QED) is 0.770. The Morgan fingerprint density at radius 3 is 2.80 bits per heavy atom. The van der Waals surface area contributed by atoms with Crippen molar-refractivity contribution in [3.05, 3.63) is 56.8 Å². The van der Waals surface area contributed by atoms with Crippen LogP contribution in [0.4, 0.5) is 13.2 Å². The Morgan fingerprint density at radius 1 is 1.27 bits per heavy atom. The molecule has 1 saturated heterocycles. The lowest BCUT2D eigenvalue weighted by molar-refractivity contribution is -0.137. The maximum absolute atomic E-state index is 13.2. The summed E-state index contributed by atoms with van der Waals surface area (Å²) in [7, 11) is 0. The number of likely N-dealkylation sites (tertiary alicyclic amines) is 1. The fraction of sp³-hybridized carbons (Fsp3) is 0.429. The zero-order valence-corrected chi connectivity index (χ0v) is 16.9. The fourth-order valence-electron chi connectivity index (χ4n) is 3.77. The predicted octanol–water partition coefficient (Wildman–Crippen LogP) is 3.93. The van der Waals surface area contributed by atoms with Gasteiger partial charge in [-0.15, -0.1) is 11.3 Å². The Morgan fingerprint density at radius 2 is 2.10 bits per heavy atom. The first-order valence-corrected chi connectivity index (χ1v) is 10.6. The van der Waals surface area contributed by atoms with Crippen LogP contribution < -0.4 is 5.32 Å². The van der Waals surface area contributed by atoms with Gasteiger partial charge in [-0.1, -0.05) is 12.1 Å². The molecule has 3 heterocycles. The molecular weight excluding hydrogens is 417 g/mol. The monoisotopic (exact) mass is 438 g/mol. The van der Waals surface area contributed by atoms with Crippen LogP contribution in [0.25, 0.3) is 0 Å². The highest BCUT2D eigenvalue weighted by Gasteiger charge is 2.32. The Bertz CT molecular complexity index is 934. The SMILES string of the molecule is O=C(NC(CN1CCCC1=O)c1cccc(C(F)(F)F)c1)c1cc2c(s1)CCOC2. The molecule has 5 nitrogen and oxygen atoms in total. The number of carbonyl (C=O) groups is 2. The van der Waals surface area contributed by atoms with Gasteiger partial charge in [0, 0.05) is 30.8 Å². The van der Waals surface area contributed by atoms with E-state index in [0.29, 0.717) is 43.0 Å². The van der Waals surface area contributed by atoms with Crippen molar-refractivity contribution in [1.29, 1.82) is 0 Å². The first-order valence-electron chi connectivity index (χ1n) is 9.76. The summed E-state index contributed by atoms with van der Waals surface area (Å²) in [5.74, 6) is -0.409. The van der Waals surface area contributed by atoms with Crippen LogP contribution in [0.2, 0.25) is 0 Å². The van der Waals surface area contributed by atoms with E-state index in [9.17, 15) is 22.8 Å². The van der Waals surface area contributed by atoms with Gasteiger partial charge in [0.25, 0.3) is 5.91 Å². The van der Waals surface area contributed by atoms with E-state index in [1.165, 1.54) is 17.4 Å². The number of benzene rings is 1. The van der Waals surface area contributed by atoms with Gasteiger partial charge in [0.1, 0.15) is 0 Å². The summed E-state index contributed by atoms with van der Waals surface area (Å²) in [4.78, 5) is 28.2. The summed E-state index contributed by atoms with van der Waals surface area (Å²) in [6, 6.07) is 5.95. The van der Waals surface area contributed by atoms with Gasteiger partial charge in [-0.25, -0.2) is 0 Å². The molecule has 2 aliphatic rings. The van der Waals surface area contributed by atoms with Crippen LogP contribution in [0.1, 0.15) is 50.1 Å². The molecule has 1 N–H and O–H groups in total. The summed E-state index contributed by atoms with van der Waals surface area (Å²) >= 11 is 1.38. The second-order valence-electron chi connectivity index (χ2n) is 7.45. The van der Waals surface area contributed by atoms with Crippen molar-refractivity contribution >= 4 is 23.2 Å². The highest BCUT2D eigenvalue weighted by Crippen LogP contribution is 2.32. The molecule has 0 radical (unpaired) electrons. The van der Waals surface area contributed by atoms with Gasteiger partial charge < -0.3 is 15.0 Å². The van der Waals surface area contributed by atoms with Gasteiger partial charge in [-0.3, -0.25) is 9.59 Å². The van der Waals surface area contributed by atoms with Crippen LogP contribution in [0, 0.1) is 0 Å². The van der Waals surface area contributed by atoms with Crippen LogP contribution in [-0.2, 0) is 28.7 Å². The van der Waals surface area contributed by atoms with Crippen LogP contribution in [0.5, 0.6) is 0 Å². The number of hydrogen-bond donors (Lipinski definition) is 1. The van der Waals surface area contributed by atoms with Gasteiger partial charge in [-0.2, -0.15) is 13.2 Å². The van der Waals surface area contributed by atoms with Crippen molar-refractivity contribution in [2.24, 2.45) is 0 Å². The number of rotatable bonds is 5. The number of hydrogen-bond acceptors (Lipinski definition) is 4. The van der Waals surface area contributed by atoms with Gasteiger partial charge in [0.2, 0.25) is 5.91 Å². The summed E-state index contributed by atoms with van der Waals surface area (Å²) < 4.78 is 45.0. The van der Waals surface area contributed by atoms with Crippen LogP contribution >= 0.6 is 11.3 Å². The molecule has 1 aromatic heterocycles. The van der Waals surface area contributed by atoms with E-state index in [1.807, 2.05) is 0 Å². The van der Waals surface area contributed by atoms with Crippen LogP contribution in [0.3, 0.4) is 0 Å². The van der Waals surface area contributed by atoms with Crippen LogP contribution in [-0.4, -0.2) is 36.4 Å². The average molecular weight is 438 g/mol. The zero-order chi connectivity index (χ0) is 21.3. The van der Waals surface area contributed by atoms with Crippen molar-refractivity contribution in [1.82, 2.24) is 10.2 Å². The summed E-state index contributed by atoms with van der Waals surface area (Å²) in [6.07, 6.45) is -2.62. The molecule has 0 saturated carbocycles. The number of amides is 2. The molecule has 1 fully saturated rings. The molecule has 2 aliphatic heterocycles. The minimum absolute atomic E-state index is 0.0510. The van der Waals surface area contributed by atoms with Crippen molar-refractivity contribution in [3.63, 3.8) is 0 Å². The Balaban J connectivity index is 1.59. The Hall–Kier alpha value is -2.39. The van der Waals surface area contributed by atoms with Crippen LogP contribution in [0.15, 0.2) is 30.3 Å². The molecule has 2 amide bonds. The third-order valence-corrected chi connectivity index (χ3v) is 6.58. The van der Waals surface area contributed by atoms with Gasteiger partial charge in [0.05, 0.1) is 29.7 Å². The Labute approximate surface area is 175 Å². The number of halogens is 3. The molecule has 0 spiro atoms. The molecular formula is C21H21F3N2O3S. The van der Waals surface area contributed by atoms with Gasteiger partial charge in [-0.05, 0) is 35.7 Å².